The molecular formula is C20H26N2O4S. The third kappa shape index (κ3) is 3.94. The first kappa shape index (κ1) is 19.6. The van der Waals surface area contributed by atoms with Crippen LogP contribution in [0.3, 0.4) is 0 Å². The van der Waals surface area contributed by atoms with Crippen LogP contribution in [0.25, 0.3) is 0 Å². The Balaban J connectivity index is 1.79. The van der Waals surface area contributed by atoms with Crippen molar-refractivity contribution in [2.75, 3.05) is 26.2 Å². The van der Waals surface area contributed by atoms with Crippen LogP contribution in [0.15, 0.2) is 45.9 Å². The van der Waals surface area contributed by atoms with Gasteiger partial charge in [-0.25, -0.2) is 8.42 Å². The highest BCUT2D eigenvalue weighted by Gasteiger charge is 2.32. The van der Waals surface area contributed by atoms with Gasteiger partial charge in [0.05, 0.1) is 11.2 Å². The van der Waals surface area contributed by atoms with E-state index in [0.717, 1.165) is 11.1 Å². The zero-order valence-corrected chi connectivity index (χ0v) is 17.0. The number of rotatable bonds is 3. The molecule has 3 rings (SSSR count). The Bertz CT molecular complexity index is 919. The Kier molecular flexibility index (Phi) is 5.18. The zero-order valence-electron chi connectivity index (χ0n) is 16.2. The van der Waals surface area contributed by atoms with Gasteiger partial charge in [-0.05, 0) is 41.7 Å². The Morgan fingerprint density at radius 1 is 1.07 bits per heavy atom. The number of carbonyl (C=O) groups is 1. The van der Waals surface area contributed by atoms with E-state index in [4.69, 9.17) is 4.42 Å². The van der Waals surface area contributed by atoms with Gasteiger partial charge in [0.2, 0.25) is 10.0 Å². The molecule has 1 fully saturated rings. The molecule has 1 aliphatic rings. The van der Waals surface area contributed by atoms with E-state index in [0.29, 0.717) is 18.0 Å². The van der Waals surface area contributed by atoms with E-state index in [2.05, 4.69) is 20.8 Å². The molecule has 1 aliphatic heterocycles. The SMILES string of the molecule is Cc1ccc(C(C)(C)C)cc1S(=O)(=O)N1CCN(C(=O)c2ccco2)CC1. The van der Waals surface area contributed by atoms with E-state index >= 15 is 0 Å². The van der Waals surface area contributed by atoms with Crippen molar-refractivity contribution in [3.05, 3.63) is 53.5 Å². The lowest BCUT2D eigenvalue weighted by Crippen LogP contribution is -2.50. The average molecular weight is 391 g/mol. The van der Waals surface area contributed by atoms with Crippen LogP contribution in [0.5, 0.6) is 0 Å². The number of carbonyl (C=O) groups excluding carboxylic acids is 1. The van der Waals surface area contributed by atoms with Crippen molar-refractivity contribution < 1.29 is 17.6 Å². The number of hydrogen-bond donors (Lipinski definition) is 0. The highest BCUT2D eigenvalue weighted by molar-refractivity contribution is 7.89. The fourth-order valence-corrected chi connectivity index (χ4v) is 4.84. The summed E-state index contributed by atoms with van der Waals surface area (Å²) in [6, 6.07) is 8.91. The quantitative estimate of drug-likeness (QED) is 0.808. The van der Waals surface area contributed by atoms with E-state index in [-0.39, 0.29) is 30.2 Å². The molecule has 0 bridgehead atoms. The normalized spacial score (nSPS) is 16.5. The predicted octanol–water partition coefficient (Wildman–Crippen LogP) is 3.03. The van der Waals surface area contributed by atoms with Gasteiger partial charge in [0.25, 0.3) is 5.91 Å². The lowest BCUT2D eigenvalue weighted by atomic mass is 9.87. The first-order valence-electron chi connectivity index (χ1n) is 9.05. The first-order valence-corrected chi connectivity index (χ1v) is 10.5. The topological polar surface area (TPSA) is 70.8 Å². The van der Waals surface area contributed by atoms with E-state index in [9.17, 15) is 13.2 Å². The number of furan rings is 1. The van der Waals surface area contributed by atoms with Crippen LogP contribution in [-0.2, 0) is 15.4 Å². The maximum Gasteiger partial charge on any atom is 0.289 e. The van der Waals surface area contributed by atoms with E-state index < -0.39 is 10.0 Å². The van der Waals surface area contributed by atoms with E-state index in [1.165, 1.54) is 10.6 Å². The van der Waals surface area contributed by atoms with Crippen molar-refractivity contribution in [1.29, 1.82) is 0 Å². The molecule has 0 saturated carbocycles. The van der Waals surface area contributed by atoms with E-state index in [1.807, 2.05) is 19.1 Å². The highest BCUT2D eigenvalue weighted by atomic mass is 32.2. The fraction of sp³-hybridized carbons (Fsp3) is 0.450. The molecule has 27 heavy (non-hydrogen) atoms. The molecule has 2 aromatic rings. The van der Waals surface area contributed by atoms with Gasteiger partial charge in [-0.1, -0.05) is 32.9 Å². The molecule has 1 aromatic carbocycles. The molecule has 0 aliphatic carbocycles. The molecule has 6 nitrogen and oxygen atoms in total. The molecular weight excluding hydrogens is 364 g/mol. The minimum absolute atomic E-state index is 0.133. The Morgan fingerprint density at radius 2 is 1.74 bits per heavy atom. The third-order valence-electron chi connectivity index (χ3n) is 4.93. The van der Waals surface area contributed by atoms with Crippen molar-refractivity contribution in [3.63, 3.8) is 0 Å². The number of sulfonamides is 1. The maximum absolute atomic E-state index is 13.2. The van der Waals surface area contributed by atoms with Crippen molar-refractivity contribution in [2.24, 2.45) is 0 Å². The fourth-order valence-electron chi connectivity index (χ4n) is 3.17. The second kappa shape index (κ2) is 7.13. The largest absolute Gasteiger partial charge is 0.459 e. The molecule has 1 saturated heterocycles. The second-order valence-corrected chi connectivity index (χ2v) is 9.81. The summed E-state index contributed by atoms with van der Waals surface area (Å²) in [5.74, 6) is 0.0722. The van der Waals surface area contributed by atoms with Gasteiger partial charge in [0.15, 0.2) is 5.76 Å². The van der Waals surface area contributed by atoms with Crippen LogP contribution in [-0.4, -0.2) is 49.7 Å². The molecule has 2 heterocycles. The van der Waals surface area contributed by atoms with Crippen LogP contribution in [0, 0.1) is 6.92 Å². The zero-order chi connectivity index (χ0) is 19.8. The average Bonchev–Trinajstić information content (AvgIpc) is 3.15. The van der Waals surface area contributed by atoms with Gasteiger partial charge in [-0.2, -0.15) is 4.31 Å². The molecule has 0 radical (unpaired) electrons. The van der Waals surface area contributed by atoms with Crippen LogP contribution in [0.4, 0.5) is 0 Å². The smallest absolute Gasteiger partial charge is 0.289 e. The number of piperazine rings is 1. The summed E-state index contributed by atoms with van der Waals surface area (Å²) in [7, 11) is -3.61. The summed E-state index contributed by atoms with van der Waals surface area (Å²) in [5.41, 5.74) is 1.59. The third-order valence-corrected chi connectivity index (χ3v) is 6.97. The van der Waals surface area contributed by atoms with Crippen molar-refractivity contribution >= 4 is 15.9 Å². The Labute approximate surface area is 160 Å². The summed E-state index contributed by atoms with van der Waals surface area (Å²) >= 11 is 0. The van der Waals surface area contributed by atoms with Crippen LogP contribution in [0.1, 0.15) is 42.5 Å². The molecule has 1 aromatic heterocycles. The second-order valence-electron chi connectivity index (χ2n) is 7.90. The minimum atomic E-state index is -3.61. The van der Waals surface area contributed by atoms with Gasteiger partial charge in [-0.3, -0.25) is 4.79 Å². The molecule has 0 spiro atoms. The van der Waals surface area contributed by atoms with Crippen molar-refractivity contribution in [1.82, 2.24) is 9.21 Å². The number of amides is 1. The van der Waals surface area contributed by atoms with Gasteiger partial charge in [-0.15, -0.1) is 0 Å². The molecule has 1 amide bonds. The predicted molar refractivity (Wildman–Crippen MR) is 103 cm³/mol. The Hall–Kier alpha value is -2.12. The Morgan fingerprint density at radius 3 is 2.30 bits per heavy atom. The van der Waals surface area contributed by atoms with Crippen LogP contribution < -0.4 is 0 Å². The molecule has 146 valence electrons. The molecule has 0 atom stereocenters. The number of benzene rings is 1. The highest BCUT2D eigenvalue weighted by Crippen LogP contribution is 2.28. The van der Waals surface area contributed by atoms with Crippen molar-refractivity contribution in [3.8, 4) is 0 Å². The number of nitrogens with zero attached hydrogens (tertiary/aromatic N) is 2. The summed E-state index contributed by atoms with van der Waals surface area (Å²) in [6.45, 7) is 9.23. The number of hydrogen-bond acceptors (Lipinski definition) is 4. The first-order chi connectivity index (χ1) is 12.6. The van der Waals surface area contributed by atoms with Crippen LogP contribution >= 0.6 is 0 Å². The van der Waals surface area contributed by atoms with Crippen molar-refractivity contribution in [2.45, 2.75) is 38.0 Å². The molecule has 0 N–H and O–H groups in total. The van der Waals surface area contributed by atoms with Gasteiger partial charge in [0, 0.05) is 26.2 Å². The van der Waals surface area contributed by atoms with E-state index in [1.54, 1.807) is 23.1 Å². The molecule has 7 heteroatoms. The van der Waals surface area contributed by atoms with Gasteiger partial charge in [0.1, 0.15) is 0 Å². The molecule has 0 unspecified atom stereocenters. The van der Waals surface area contributed by atoms with Crippen LogP contribution in [0.2, 0.25) is 0 Å². The van der Waals surface area contributed by atoms with Gasteiger partial charge < -0.3 is 9.32 Å². The monoisotopic (exact) mass is 390 g/mol. The van der Waals surface area contributed by atoms with Gasteiger partial charge >= 0.3 is 0 Å². The standard InChI is InChI=1S/C20H26N2O4S/c1-15-7-8-16(20(2,3)4)14-18(15)27(24,25)22-11-9-21(10-12-22)19(23)17-6-5-13-26-17/h5-8,13-14H,9-12H2,1-4H3. The summed E-state index contributed by atoms with van der Waals surface area (Å²) < 4.78 is 33.0. The number of aryl methyl sites for hydroxylation is 1. The summed E-state index contributed by atoms with van der Waals surface area (Å²) in [5, 5.41) is 0. The maximum atomic E-state index is 13.2. The lowest BCUT2D eigenvalue weighted by molar-refractivity contribution is 0.0666. The summed E-state index contributed by atoms with van der Waals surface area (Å²) in [6.07, 6.45) is 1.46. The minimum Gasteiger partial charge on any atom is -0.459 e. The lowest BCUT2D eigenvalue weighted by Gasteiger charge is -2.34. The summed E-state index contributed by atoms with van der Waals surface area (Å²) in [4.78, 5) is 14.3.